The molecule has 1 aliphatic carbocycles. The van der Waals surface area contributed by atoms with Crippen molar-refractivity contribution in [3.8, 4) is 0 Å². The summed E-state index contributed by atoms with van der Waals surface area (Å²) >= 11 is 0. The van der Waals surface area contributed by atoms with Crippen molar-refractivity contribution in [3.63, 3.8) is 0 Å². The number of aryl methyl sites for hydroxylation is 2. The first-order valence-corrected chi connectivity index (χ1v) is 6.79. The molecule has 1 N–H and O–H groups in total. The third kappa shape index (κ3) is 2.85. The SMILES string of the molecule is Cc1ccc(C)n1NC1CC(C)CC(C)(C)C1. The molecule has 1 aromatic rings. The van der Waals surface area contributed by atoms with E-state index < -0.39 is 0 Å². The highest BCUT2D eigenvalue weighted by atomic mass is 15.4. The summed E-state index contributed by atoms with van der Waals surface area (Å²) in [5, 5.41) is 0. The fourth-order valence-corrected chi connectivity index (χ4v) is 3.50. The maximum atomic E-state index is 3.70. The Morgan fingerprint density at radius 3 is 2.29 bits per heavy atom. The van der Waals surface area contributed by atoms with Gasteiger partial charge in [-0.05, 0) is 56.6 Å². The van der Waals surface area contributed by atoms with E-state index in [2.05, 4.69) is 56.9 Å². The van der Waals surface area contributed by atoms with Gasteiger partial charge in [0.1, 0.15) is 0 Å². The van der Waals surface area contributed by atoms with E-state index in [0.29, 0.717) is 11.5 Å². The molecule has 1 aliphatic rings. The molecule has 2 heteroatoms. The van der Waals surface area contributed by atoms with Crippen molar-refractivity contribution >= 4 is 0 Å². The number of hydrogen-bond acceptors (Lipinski definition) is 1. The van der Waals surface area contributed by atoms with Crippen LogP contribution in [0, 0.1) is 25.2 Å². The lowest BCUT2D eigenvalue weighted by molar-refractivity contribution is 0.172. The molecule has 2 rings (SSSR count). The minimum Gasteiger partial charge on any atom is -0.323 e. The van der Waals surface area contributed by atoms with Crippen molar-refractivity contribution in [1.29, 1.82) is 0 Å². The van der Waals surface area contributed by atoms with Crippen LogP contribution in [0.1, 0.15) is 51.4 Å². The number of nitrogens with one attached hydrogen (secondary N) is 1. The van der Waals surface area contributed by atoms with Crippen LogP contribution < -0.4 is 5.43 Å². The van der Waals surface area contributed by atoms with Crippen LogP contribution in [-0.4, -0.2) is 10.7 Å². The smallest absolute Gasteiger partial charge is 0.0432 e. The van der Waals surface area contributed by atoms with Crippen LogP contribution in [0.5, 0.6) is 0 Å². The zero-order chi connectivity index (χ0) is 12.6. The van der Waals surface area contributed by atoms with Gasteiger partial charge in [0, 0.05) is 17.4 Å². The number of hydrogen-bond donors (Lipinski definition) is 1. The van der Waals surface area contributed by atoms with Gasteiger partial charge in [-0.1, -0.05) is 20.8 Å². The van der Waals surface area contributed by atoms with Crippen LogP contribution in [0.3, 0.4) is 0 Å². The molecule has 0 aliphatic heterocycles. The van der Waals surface area contributed by atoms with Crippen LogP contribution in [0.25, 0.3) is 0 Å². The van der Waals surface area contributed by atoms with E-state index in [1.165, 1.54) is 30.7 Å². The Morgan fingerprint density at radius 1 is 1.18 bits per heavy atom. The first kappa shape index (κ1) is 12.5. The molecule has 0 spiro atoms. The standard InChI is InChI=1S/C15H26N2/c1-11-8-14(10-15(4,5)9-11)16-17-12(2)6-7-13(17)3/h6-7,11,14,16H,8-10H2,1-5H3. The Bertz CT molecular complexity index is 370. The van der Waals surface area contributed by atoms with E-state index in [4.69, 9.17) is 0 Å². The molecule has 0 radical (unpaired) electrons. The molecule has 2 unspecified atom stereocenters. The summed E-state index contributed by atoms with van der Waals surface area (Å²) in [5.74, 6) is 0.826. The van der Waals surface area contributed by atoms with Crippen molar-refractivity contribution < 1.29 is 0 Å². The molecule has 0 bridgehead atoms. The van der Waals surface area contributed by atoms with Crippen LogP contribution in [0.2, 0.25) is 0 Å². The minimum atomic E-state index is 0.476. The maximum Gasteiger partial charge on any atom is 0.0432 e. The normalized spacial score (nSPS) is 28.1. The monoisotopic (exact) mass is 234 g/mol. The first-order valence-electron chi connectivity index (χ1n) is 6.79. The lowest BCUT2D eigenvalue weighted by atomic mass is 9.71. The van der Waals surface area contributed by atoms with Gasteiger partial charge in [-0.2, -0.15) is 0 Å². The zero-order valence-electron chi connectivity index (χ0n) is 11.9. The molecular weight excluding hydrogens is 208 g/mol. The number of aromatic nitrogens is 1. The Kier molecular flexibility index (Phi) is 3.24. The van der Waals surface area contributed by atoms with E-state index in [-0.39, 0.29) is 0 Å². The minimum absolute atomic E-state index is 0.476. The van der Waals surface area contributed by atoms with E-state index in [9.17, 15) is 0 Å². The molecule has 1 fully saturated rings. The molecule has 0 amide bonds. The van der Waals surface area contributed by atoms with Crippen molar-refractivity contribution in [2.45, 2.75) is 59.9 Å². The summed E-state index contributed by atoms with van der Waals surface area (Å²) in [4.78, 5) is 0. The molecule has 1 aromatic heterocycles. The maximum absolute atomic E-state index is 3.70. The van der Waals surface area contributed by atoms with E-state index in [1.54, 1.807) is 0 Å². The highest BCUT2D eigenvalue weighted by Gasteiger charge is 2.32. The molecule has 1 heterocycles. The number of rotatable bonds is 2. The van der Waals surface area contributed by atoms with Gasteiger partial charge in [0.2, 0.25) is 0 Å². The van der Waals surface area contributed by atoms with Gasteiger partial charge in [0.15, 0.2) is 0 Å². The van der Waals surface area contributed by atoms with E-state index in [1.807, 2.05) is 0 Å². The fourth-order valence-electron chi connectivity index (χ4n) is 3.50. The molecule has 1 saturated carbocycles. The summed E-state index contributed by atoms with van der Waals surface area (Å²) in [6.07, 6.45) is 3.92. The largest absolute Gasteiger partial charge is 0.323 e. The summed E-state index contributed by atoms with van der Waals surface area (Å²) in [7, 11) is 0. The van der Waals surface area contributed by atoms with Gasteiger partial charge in [-0.3, -0.25) is 4.68 Å². The molecule has 0 saturated heterocycles. The lowest BCUT2D eigenvalue weighted by Gasteiger charge is -2.40. The Labute approximate surface area is 105 Å². The summed E-state index contributed by atoms with van der Waals surface area (Å²) in [5.41, 5.74) is 6.78. The molecule has 2 nitrogen and oxygen atoms in total. The average Bonchev–Trinajstić information content (AvgIpc) is 2.46. The van der Waals surface area contributed by atoms with Crippen molar-refractivity contribution in [1.82, 2.24) is 4.68 Å². The van der Waals surface area contributed by atoms with Crippen LogP contribution >= 0.6 is 0 Å². The summed E-state index contributed by atoms with van der Waals surface area (Å²) < 4.78 is 2.25. The molecular formula is C15H26N2. The second-order valence-corrected chi connectivity index (χ2v) is 6.69. The Morgan fingerprint density at radius 2 is 1.76 bits per heavy atom. The predicted octanol–water partition coefficient (Wildman–Crippen LogP) is 3.86. The molecule has 0 aromatic carbocycles. The van der Waals surface area contributed by atoms with Gasteiger partial charge in [0.25, 0.3) is 0 Å². The summed E-state index contributed by atoms with van der Waals surface area (Å²) in [6, 6.07) is 4.97. The second-order valence-electron chi connectivity index (χ2n) is 6.69. The van der Waals surface area contributed by atoms with Gasteiger partial charge < -0.3 is 5.43 Å². The summed E-state index contributed by atoms with van der Waals surface area (Å²) in [6.45, 7) is 11.5. The van der Waals surface area contributed by atoms with Gasteiger partial charge in [-0.25, -0.2) is 0 Å². The van der Waals surface area contributed by atoms with Crippen LogP contribution in [0.15, 0.2) is 12.1 Å². The van der Waals surface area contributed by atoms with E-state index >= 15 is 0 Å². The predicted molar refractivity (Wildman–Crippen MR) is 73.9 cm³/mol. The topological polar surface area (TPSA) is 17.0 Å². The molecule has 96 valence electrons. The van der Waals surface area contributed by atoms with Gasteiger partial charge in [-0.15, -0.1) is 0 Å². The average molecular weight is 234 g/mol. The lowest BCUT2D eigenvalue weighted by Crippen LogP contribution is -2.39. The first-order chi connectivity index (χ1) is 7.87. The van der Waals surface area contributed by atoms with Gasteiger partial charge >= 0.3 is 0 Å². The van der Waals surface area contributed by atoms with Crippen molar-refractivity contribution in [2.24, 2.45) is 11.3 Å². The van der Waals surface area contributed by atoms with Crippen molar-refractivity contribution in [2.75, 3.05) is 5.43 Å². The quantitative estimate of drug-likeness (QED) is 0.822. The third-order valence-corrected chi connectivity index (χ3v) is 3.97. The van der Waals surface area contributed by atoms with E-state index in [0.717, 1.165) is 5.92 Å². The second kappa shape index (κ2) is 4.40. The van der Waals surface area contributed by atoms with Crippen LogP contribution in [0.4, 0.5) is 0 Å². The molecule has 2 atom stereocenters. The van der Waals surface area contributed by atoms with Crippen LogP contribution in [-0.2, 0) is 0 Å². The third-order valence-electron chi connectivity index (χ3n) is 3.97. The Balaban J connectivity index is 2.09. The Hall–Kier alpha value is -0.920. The highest BCUT2D eigenvalue weighted by molar-refractivity contribution is 5.16. The highest BCUT2D eigenvalue weighted by Crippen LogP contribution is 2.38. The van der Waals surface area contributed by atoms with Crippen molar-refractivity contribution in [3.05, 3.63) is 23.5 Å². The fraction of sp³-hybridized carbons (Fsp3) is 0.733. The number of nitrogens with zero attached hydrogens (tertiary/aromatic N) is 1. The zero-order valence-corrected chi connectivity index (χ0v) is 11.9. The molecule has 17 heavy (non-hydrogen) atoms. The van der Waals surface area contributed by atoms with Gasteiger partial charge in [0.05, 0.1) is 0 Å².